The van der Waals surface area contributed by atoms with Gasteiger partial charge in [-0.25, -0.2) is 0 Å². The average molecular weight is 324 g/mol. The van der Waals surface area contributed by atoms with Crippen molar-refractivity contribution in [2.75, 3.05) is 6.61 Å². The number of hydrogen-bond acceptors (Lipinski definition) is 3. The SMILES string of the molecule is CCc1ccc(OCC(=O)NNC(=O)/C=C/c2ccccc2)cc1. The Labute approximate surface area is 141 Å². The fourth-order valence-corrected chi connectivity index (χ4v) is 1.92. The molecular weight excluding hydrogens is 304 g/mol. The van der Waals surface area contributed by atoms with Crippen molar-refractivity contribution in [1.82, 2.24) is 10.9 Å². The van der Waals surface area contributed by atoms with E-state index in [0.717, 1.165) is 12.0 Å². The average Bonchev–Trinajstić information content (AvgIpc) is 2.64. The summed E-state index contributed by atoms with van der Waals surface area (Å²) in [7, 11) is 0. The van der Waals surface area contributed by atoms with Crippen LogP contribution < -0.4 is 15.6 Å². The zero-order chi connectivity index (χ0) is 17.2. The first-order chi connectivity index (χ1) is 11.7. The van der Waals surface area contributed by atoms with E-state index >= 15 is 0 Å². The molecule has 0 atom stereocenters. The normalized spacial score (nSPS) is 10.4. The van der Waals surface area contributed by atoms with Gasteiger partial charge in [0.2, 0.25) is 0 Å². The molecule has 2 amide bonds. The minimum Gasteiger partial charge on any atom is -0.484 e. The minimum atomic E-state index is -0.434. The molecular formula is C19H20N2O3. The van der Waals surface area contributed by atoms with Gasteiger partial charge >= 0.3 is 0 Å². The number of aryl methyl sites for hydroxylation is 1. The molecule has 0 saturated carbocycles. The Bertz CT molecular complexity index is 694. The van der Waals surface area contributed by atoms with Crippen molar-refractivity contribution in [3.05, 3.63) is 71.8 Å². The van der Waals surface area contributed by atoms with Crippen molar-refractivity contribution < 1.29 is 14.3 Å². The molecule has 0 fully saturated rings. The van der Waals surface area contributed by atoms with Crippen LogP contribution in [0.15, 0.2) is 60.7 Å². The molecule has 2 N–H and O–H groups in total. The van der Waals surface area contributed by atoms with Gasteiger partial charge in [-0.3, -0.25) is 20.4 Å². The maximum Gasteiger partial charge on any atom is 0.276 e. The Kier molecular flexibility index (Phi) is 6.58. The predicted octanol–water partition coefficient (Wildman–Crippen LogP) is 2.49. The summed E-state index contributed by atoms with van der Waals surface area (Å²) in [6.45, 7) is 1.90. The van der Waals surface area contributed by atoms with Gasteiger partial charge in [0, 0.05) is 6.08 Å². The molecule has 0 bridgehead atoms. The second kappa shape index (κ2) is 9.15. The second-order valence-electron chi connectivity index (χ2n) is 5.07. The van der Waals surface area contributed by atoms with E-state index in [0.29, 0.717) is 5.75 Å². The smallest absolute Gasteiger partial charge is 0.276 e. The van der Waals surface area contributed by atoms with Crippen LogP contribution in [0.5, 0.6) is 5.75 Å². The van der Waals surface area contributed by atoms with Crippen molar-refractivity contribution in [1.29, 1.82) is 0 Å². The van der Waals surface area contributed by atoms with Gasteiger partial charge in [-0.05, 0) is 35.8 Å². The molecule has 0 heterocycles. The molecule has 0 aliphatic rings. The van der Waals surface area contributed by atoms with E-state index in [-0.39, 0.29) is 6.61 Å². The van der Waals surface area contributed by atoms with Gasteiger partial charge in [-0.15, -0.1) is 0 Å². The molecule has 0 spiro atoms. The predicted molar refractivity (Wildman–Crippen MR) is 93.1 cm³/mol. The number of amides is 2. The Morgan fingerprint density at radius 3 is 2.38 bits per heavy atom. The van der Waals surface area contributed by atoms with E-state index < -0.39 is 11.8 Å². The van der Waals surface area contributed by atoms with Crippen LogP contribution in [0.1, 0.15) is 18.1 Å². The maximum atomic E-state index is 11.6. The lowest BCUT2D eigenvalue weighted by Crippen LogP contribution is -2.43. The molecule has 0 aliphatic carbocycles. The third-order valence-corrected chi connectivity index (χ3v) is 3.25. The van der Waals surface area contributed by atoms with E-state index in [2.05, 4.69) is 17.8 Å². The lowest BCUT2D eigenvalue weighted by atomic mass is 10.2. The summed E-state index contributed by atoms with van der Waals surface area (Å²) in [5.74, 6) is -0.242. The maximum absolute atomic E-state index is 11.6. The van der Waals surface area contributed by atoms with Crippen LogP contribution in [0.25, 0.3) is 6.08 Å². The van der Waals surface area contributed by atoms with Crippen molar-refractivity contribution in [2.45, 2.75) is 13.3 Å². The number of nitrogens with one attached hydrogen (secondary N) is 2. The molecule has 0 aliphatic heterocycles. The second-order valence-corrected chi connectivity index (χ2v) is 5.07. The van der Waals surface area contributed by atoms with E-state index in [1.807, 2.05) is 54.6 Å². The van der Waals surface area contributed by atoms with Crippen molar-refractivity contribution >= 4 is 17.9 Å². The fraction of sp³-hybridized carbons (Fsp3) is 0.158. The number of rotatable bonds is 6. The van der Waals surface area contributed by atoms with E-state index in [1.54, 1.807) is 6.08 Å². The number of ether oxygens (including phenoxy) is 1. The third-order valence-electron chi connectivity index (χ3n) is 3.25. The van der Waals surface area contributed by atoms with Crippen LogP contribution in [0.2, 0.25) is 0 Å². The highest BCUT2D eigenvalue weighted by molar-refractivity contribution is 5.93. The van der Waals surface area contributed by atoms with Gasteiger partial charge in [-0.1, -0.05) is 49.4 Å². The van der Waals surface area contributed by atoms with E-state index in [9.17, 15) is 9.59 Å². The molecule has 0 aromatic heterocycles. The molecule has 2 rings (SSSR count). The van der Waals surface area contributed by atoms with Gasteiger partial charge in [0.1, 0.15) is 5.75 Å². The van der Waals surface area contributed by atoms with Gasteiger partial charge < -0.3 is 4.74 Å². The highest BCUT2D eigenvalue weighted by Crippen LogP contribution is 2.12. The molecule has 5 nitrogen and oxygen atoms in total. The molecule has 5 heteroatoms. The summed E-state index contributed by atoms with van der Waals surface area (Å²) in [4.78, 5) is 23.3. The van der Waals surface area contributed by atoms with Crippen molar-refractivity contribution in [3.63, 3.8) is 0 Å². The third kappa shape index (κ3) is 5.96. The first-order valence-corrected chi connectivity index (χ1v) is 7.71. The Morgan fingerprint density at radius 1 is 1.00 bits per heavy atom. The van der Waals surface area contributed by atoms with Gasteiger partial charge in [0.25, 0.3) is 11.8 Å². The number of carbonyl (C=O) groups excluding carboxylic acids is 2. The number of hydrogen-bond donors (Lipinski definition) is 2. The first kappa shape index (κ1) is 17.3. The van der Waals surface area contributed by atoms with Crippen LogP contribution in [0.4, 0.5) is 0 Å². The minimum absolute atomic E-state index is 0.172. The Balaban J connectivity index is 1.70. The molecule has 24 heavy (non-hydrogen) atoms. The quantitative estimate of drug-likeness (QED) is 0.634. The summed E-state index contributed by atoms with van der Waals surface area (Å²) in [5, 5.41) is 0. The molecule has 124 valence electrons. The molecule has 0 saturated heterocycles. The van der Waals surface area contributed by atoms with Gasteiger partial charge in [-0.2, -0.15) is 0 Å². The molecule has 0 unspecified atom stereocenters. The topological polar surface area (TPSA) is 67.4 Å². The van der Waals surface area contributed by atoms with E-state index in [1.165, 1.54) is 11.6 Å². The summed E-state index contributed by atoms with van der Waals surface area (Å²) >= 11 is 0. The van der Waals surface area contributed by atoms with Crippen LogP contribution in [0, 0.1) is 0 Å². The molecule has 2 aromatic rings. The number of hydrazine groups is 1. The summed E-state index contributed by atoms with van der Waals surface area (Å²) < 4.78 is 5.35. The summed E-state index contributed by atoms with van der Waals surface area (Å²) in [6, 6.07) is 16.9. The molecule has 2 aromatic carbocycles. The lowest BCUT2D eigenvalue weighted by molar-refractivity contribution is -0.128. The zero-order valence-electron chi connectivity index (χ0n) is 13.5. The van der Waals surface area contributed by atoms with Gasteiger partial charge in [0.05, 0.1) is 0 Å². The Morgan fingerprint density at radius 2 is 1.71 bits per heavy atom. The first-order valence-electron chi connectivity index (χ1n) is 7.71. The summed E-state index contributed by atoms with van der Waals surface area (Å²) in [6.07, 6.45) is 3.95. The van der Waals surface area contributed by atoms with Crippen LogP contribution in [-0.4, -0.2) is 18.4 Å². The van der Waals surface area contributed by atoms with Crippen LogP contribution in [0.3, 0.4) is 0 Å². The zero-order valence-corrected chi connectivity index (χ0v) is 13.5. The lowest BCUT2D eigenvalue weighted by Gasteiger charge is -2.08. The highest BCUT2D eigenvalue weighted by Gasteiger charge is 2.03. The highest BCUT2D eigenvalue weighted by atomic mass is 16.5. The molecule has 0 radical (unpaired) electrons. The largest absolute Gasteiger partial charge is 0.484 e. The number of carbonyl (C=O) groups is 2. The monoisotopic (exact) mass is 324 g/mol. The fourth-order valence-electron chi connectivity index (χ4n) is 1.92. The van der Waals surface area contributed by atoms with Crippen molar-refractivity contribution in [3.8, 4) is 5.75 Å². The van der Waals surface area contributed by atoms with Gasteiger partial charge in [0.15, 0.2) is 6.61 Å². The summed E-state index contributed by atoms with van der Waals surface area (Å²) in [5.41, 5.74) is 6.70. The van der Waals surface area contributed by atoms with Crippen LogP contribution >= 0.6 is 0 Å². The van der Waals surface area contributed by atoms with E-state index in [4.69, 9.17) is 4.74 Å². The van der Waals surface area contributed by atoms with Crippen molar-refractivity contribution in [2.24, 2.45) is 0 Å². The van der Waals surface area contributed by atoms with Crippen LogP contribution in [-0.2, 0) is 16.0 Å². The Hall–Kier alpha value is -3.08. The number of benzene rings is 2. The standard InChI is InChI=1S/C19H20N2O3/c1-2-15-8-11-17(12-9-15)24-14-19(23)21-20-18(22)13-10-16-6-4-3-5-7-16/h3-13H,2,14H2,1H3,(H,20,22)(H,21,23)/b13-10+.